The van der Waals surface area contributed by atoms with E-state index in [0.29, 0.717) is 61.5 Å². The second-order valence-corrected chi connectivity index (χ2v) is 10.2. The molecule has 3 heterocycles. The van der Waals surface area contributed by atoms with Crippen LogP contribution in [0.2, 0.25) is 0 Å². The molecule has 1 fully saturated rings. The lowest BCUT2D eigenvalue weighted by Gasteiger charge is -2.31. The van der Waals surface area contributed by atoms with Gasteiger partial charge >= 0.3 is 6.18 Å². The molecule has 0 bridgehead atoms. The monoisotopic (exact) mass is 494 g/mol. The Morgan fingerprint density at radius 3 is 2.44 bits per heavy atom. The molecular weight excluding hydrogens is 469 g/mol. The largest absolute Gasteiger partial charge is 0.481 e. The van der Waals surface area contributed by atoms with Gasteiger partial charge in [-0.3, -0.25) is 9.71 Å². The number of fused-ring (bicyclic) bond motifs is 1. The molecule has 0 saturated carbocycles. The zero-order chi connectivity index (χ0) is 24.3. The summed E-state index contributed by atoms with van der Waals surface area (Å²) in [7, 11) is -2.16. The van der Waals surface area contributed by atoms with Gasteiger partial charge in [0.25, 0.3) is 0 Å². The molecule has 1 saturated heterocycles. The number of ether oxygens (including phenoxy) is 1. The van der Waals surface area contributed by atoms with E-state index in [9.17, 15) is 21.6 Å². The molecule has 0 aliphatic carbocycles. The summed E-state index contributed by atoms with van der Waals surface area (Å²) in [6.45, 7) is 1.84. The third kappa shape index (κ3) is 5.58. The van der Waals surface area contributed by atoms with Gasteiger partial charge in [-0.25, -0.2) is 13.4 Å². The lowest BCUT2D eigenvalue weighted by Crippen LogP contribution is -2.41. The predicted octanol–water partition coefficient (Wildman–Crippen LogP) is 4.11. The molecule has 34 heavy (non-hydrogen) atoms. The van der Waals surface area contributed by atoms with Crippen molar-refractivity contribution in [3.63, 3.8) is 0 Å². The third-order valence-corrected chi connectivity index (χ3v) is 7.84. The molecule has 0 atom stereocenters. The topological polar surface area (TPSA) is 84.4 Å². The first kappa shape index (κ1) is 24.2. The second-order valence-electron chi connectivity index (χ2n) is 8.21. The fraction of sp³-hybridized carbons (Fsp3) is 0.391. The molecule has 1 N–H and O–H groups in total. The number of hydrogen-bond donors (Lipinski definition) is 1. The number of piperidine rings is 1. The molecular formula is C23H25F3N4O3S. The molecule has 1 aliphatic rings. The van der Waals surface area contributed by atoms with Gasteiger partial charge in [0.05, 0.1) is 29.1 Å². The highest BCUT2D eigenvalue weighted by molar-refractivity contribution is 7.93. The number of sulfonamides is 1. The normalized spacial score (nSPS) is 16.0. The number of benzene rings is 1. The highest BCUT2D eigenvalue weighted by Crippen LogP contribution is 2.29. The van der Waals surface area contributed by atoms with Crippen LogP contribution in [0, 0.1) is 0 Å². The van der Waals surface area contributed by atoms with Crippen molar-refractivity contribution in [2.45, 2.75) is 30.7 Å². The number of alkyl halides is 3. The fourth-order valence-corrected chi connectivity index (χ4v) is 5.50. The van der Waals surface area contributed by atoms with Gasteiger partial charge in [-0.15, -0.1) is 0 Å². The predicted molar refractivity (Wildman–Crippen MR) is 123 cm³/mol. The van der Waals surface area contributed by atoms with E-state index < -0.39 is 27.0 Å². The number of anilines is 1. The van der Waals surface area contributed by atoms with Gasteiger partial charge in [0.15, 0.2) is 0 Å². The van der Waals surface area contributed by atoms with Crippen molar-refractivity contribution < 1.29 is 26.3 Å². The maximum absolute atomic E-state index is 13.1. The molecule has 2 aromatic heterocycles. The second kappa shape index (κ2) is 9.75. The Kier molecular flexibility index (Phi) is 6.94. The first-order chi connectivity index (χ1) is 16.2. The minimum absolute atomic E-state index is 0.355. The summed E-state index contributed by atoms with van der Waals surface area (Å²) in [6, 6.07) is 10.1. The number of rotatable bonds is 7. The molecule has 0 spiro atoms. The third-order valence-electron chi connectivity index (χ3n) is 5.99. The summed E-state index contributed by atoms with van der Waals surface area (Å²) in [6.07, 6.45) is -1.29. The van der Waals surface area contributed by atoms with E-state index in [1.54, 1.807) is 18.2 Å². The summed E-state index contributed by atoms with van der Waals surface area (Å²) < 4.78 is 72.0. The van der Waals surface area contributed by atoms with Crippen molar-refractivity contribution in [1.29, 1.82) is 0 Å². The van der Waals surface area contributed by atoms with Crippen LogP contribution in [0.4, 0.5) is 18.9 Å². The van der Waals surface area contributed by atoms with Crippen molar-refractivity contribution in [2.75, 3.05) is 31.5 Å². The van der Waals surface area contributed by atoms with Crippen LogP contribution in [-0.4, -0.2) is 55.3 Å². The number of hydrogen-bond acceptors (Lipinski definition) is 6. The lowest BCUT2D eigenvalue weighted by atomic mass is 10.1. The van der Waals surface area contributed by atoms with Crippen LogP contribution in [0.5, 0.6) is 5.88 Å². The lowest BCUT2D eigenvalue weighted by molar-refractivity contribution is -0.137. The summed E-state index contributed by atoms with van der Waals surface area (Å²) in [5.74, 6) is 0.363. The van der Waals surface area contributed by atoms with Crippen molar-refractivity contribution in [3.05, 3.63) is 59.8 Å². The SMILES string of the molecule is COc1ccc2nccc(NS(=O)(=O)C3CCN(CCc4ccc(C(F)(F)F)cc4)CC3)c2n1. The molecule has 0 radical (unpaired) electrons. The summed E-state index contributed by atoms with van der Waals surface area (Å²) >= 11 is 0. The summed E-state index contributed by atoms with van der Waals surface area (Å²) in [5.41, 5.74) is 1.48. The van der Waals surface area contributed by atoms with Gasteiger partial charge < -0.3 is 9.64 Å². The summed E-state index contributed by atoms with van der Waals surface area (Å²) in [5, 5.41) is -0.552. The molecule has 7 nitrogen and oxygen atoms in total. The molecule has 1 aliphatic heterocycles. The van der Waals surface area contributed by atoms with E-state index in [4.69, 9.17) is 4.74 Å². The zero-order valence-corrected chi connectivity index (χ0v) is 19.4. The van der Waals surface area contributed by atoms with Gasteiger partial charge in [-0.2, -0.15) is 13.2 Å². The number of aromatic nitrogens is 2. The zero-order valence-electron chi connectivity index (χ0n) is 18.5. The van der Waals surface area contributed by atoms with Crippen LogP contribution in [0.1, 0.15) is 24.0 Å². The van der Waals surface area contributed by atoms with Crippen molar-refractivity contribution >= 4 is 26.7 Å². The quantitative estimate of drug-likeness (QED) is 0.532. The van der Waals surface area contributed by atoms with E-state index in [0.717, 1.165) is 17.7 Å². The minimum atomic E-state index is -4.34. The Morgan fingerprint density at radius 1 is 1.09 bits per heavy atom. The Bertz CT molecular complexity index is 1240. The maximum Gasteiger partial charge on any atom is 0.416 e. The van der Waals surface area contributed by atoms with Crippen LogP contribution < -0.4 is 9.46 Å². The Balaban J connectivity index is 1.34. The van der Waals surface area contributed by atoms with Crippen LogP contribution in [0.3, 0.4) is 0 Å². The molecule has 4 rings (SSSR count). The molecule has 0 unspecified atom stereocenters. The summed E-state index contributed by atoms with van der Waals surface area (Å²) in [4.78, 5) is 10.7. The van der Waals surface area contributed by atoms with E-state index in [2.05, 4.69) is 19.6 Å². The number of halogens is 3. The van der Waals surface area contributed by atoms with Crippen LogP contribution in [0.15, 0.2) is 48.7 Å². The van der Waals surface area contributed by atoms with Gasteiger partial charge in [-0.05, 0) is 62.2 Å². The molecule has 3 aromatic rings. The number of nitrogens with zero attached hydrogens (tertiary/aromatic N) is 3. The number of methoxy groups -OCH3 is 1. The van der Waals surface area contributed by atoms with Gasteiger partial charge in [0.1, 0.15) is 5.52 Å². The fourth-order valence-electron chi connectivity index (χ4n) is 4.03. The number of pyridine rings is 2. The Morgan fingerprint density at radius 2 is 1.79 bits per heavy atom. The molecule has 1 aromatic carbocycles. The van der Waals surface area contributed by atoms with Gasteiger partial charge in [0, 0.05) is 18.8 Å². The van der Waals surface area contributed by atoms with E-state index in [1.165, 1.54) is 25.4 Å². The smallest absolute Gasteiger partial charge is 0.416 e. The highest BCUT2D eigenvalue weighted by atomic mass is 32.2. The Labute approximate surface area is 196 Å². The van der Waals surface area contributed by atoms with Crippen molar-refractivity contribution in [1.82, 2.24) is 14.9 Å². The first-order valence-electron chi connectivity index (χ1n) is 10.9. The minimum Gasteiger partial charge on any atom is -0.481 e. The highest BCUT2D eigenvalue weighted by Gasteiger charge is 2.31. The van der Waals surface area contributed by atoms with E-state index in [-0.39, 0.29) is 0 Å². The number of likely N-dealkylation sites (tertiary alicyclic amines) is 1. The average molecular weight is 495 g/mol. The Hall–Kier alpha value is -2.92. The van der Waals surface area contributed by atoms with Crippen LogP contribution in [0.25, 0.3) is 11.0 Å². The van der Waals surface area contributed by atoms with Crippen molar-refractivity contribution in [3.8, 4) is 5.88 Å². The van der Waals surface area contributed by atoms with Gasteiger partial charge in [-0.1, -0.05) is 12.1 Å². The van der Waals surface area contributed by atoms with Crippen molar-refractivity contribution in [2.24, 2.45) is 0 Å². The molecule has 0 amide bonds. The molecule has 182 valence electrons. The maximum atomic E-state index is 13.1. The van der Waals surface area contributed by atoms with Gasteiger partial charge in [0.2, 0.25) is 15.9 Å². The molecule has 11 heteroatoms. The standard InChI is InChI=1S/C23H25F3N4O3S/c1-33-21-7-6-19-22(28-21)20(8-12-27-19)29-34(31,32)18-10-14-30(15-11-18)13-9-16-2-4-17(5-3-16)23(24,25)26/h2-8,12,18H,9-11,13-15H2,1H3,(H,27,29). The van der Waals surface area contributed by atoms with Crippen LogP contribution >= 0.6 is 0 Å². The first-order valence-corrected chi connectivity index (χ1v) is 12.4. The van der Waals surface area contributed by atoms with E-state index >= 15 is 0 Å². The van der Waals surface area contributed by atoms with Crippen LogP contribution in [-0.2, 0) is 22.6 Å². The average Bonchev–Trinajstić information content (AvgIpc) is 2.82. The van der Waals surface area contributed by atoms with E-state index in [1.807, 2.05) is 0 Å². The number of nitrogens with one attached hydrogen (secondary N) is 1.